The van der Waals surface area contributed by atoms with Crippen molar-refractivity contribution in [3.63, 3.8) is 0 Å². The number of anilines is 2. The molecule has 2 saturated carbocycles. The molecule has 3 rings (SSSR count). The van der Waals surface area contributed by atoms with Crippen LogP contribution >= 0.6 is 0 Å². The molecule has 1 aromatic rings. The second-order valence-corrected chi connectivity index (χ2v) is 8.94. The van der Waals surface area contributed by atoms with Gasteiger partial charge in [0.1, 0.15) is 0 Å². The number of carboxylic acids is 1. The van der Waals surface area contributed by atoms with Crippen molar-refractivity contribution in [1.29, 1.82) is 0 Å². The first kappa shape index (κ1) is 21.0. The Bertz CT molecular complexity index is 641. The molecule has 0 bridgehead atoms. The van der Waals surface area contributed by atoms with Crippen LogP contribution in [0.5, 0.6) is 0 Å². The Morgan fingerprint density at radius 2 is 1.32 bits per heavy atom. The van der Waals surface area contributed by atoms with Crippen LogP contribution in [0.3, 0.4) is 0 Å². The number of hydrogen-bond acceptors (Lipinski definition) is 3. The lowest BCUT2D eigenvalue weighted by Gasteiger charge is -2.32. The summed E-state index contributed by atoms with van der Waals surface area (Å²) in [5, 5.41) is 10.3. The smallest absolute Gasteiger partial charge is 0.336 e. The first-order valence-corrected chi connectivity index (χ1v) is 11.5. The highest BCUT2D eigenvalue weighted by Gasteiger charge is 2.33. The number of aromatic carboxylic acids is 1. The Kier molecular flexibility index (Phi) is 7.25. The molecule has 0 aliphatic heterocycles. The van der Waals surface area contributed by atoms with Crippen LogP contribution < -0.4 is 11.5 Å². The molecule has 2 aliphatic rings. The SMILES string of the molecule is CCCCCc1c(N)c(C2CCCCC2)c(C(=O)O)c(C2CCCCC2)c1N. The van der Waals surface area contributed by atoms with Crippen molar-refractivity contribution < 1.29 is 9.90 Å². The maximum Gasteiger partial charge on any atom is 0.336 e. The van der Waals surface area contributed by atoms with Gasteiger partial charge in [0.15, 0.2) is 0 Å². The van der Waals surface area contributed by atoms with Gasteiger partial charge >= 0.3 is 5.97 Å². The molecule has 0 heterocycles. The molecule has 2 fully saturated rings. The predicted octanol–water partition coefficient (Wildman–Crippen LogP) is 6.38. The summed E-state index contributed by atoms with van der Waals surface area (Å²) in [5.74, 6) is -0.292. The fourth-order valence-corrected chi connectivity index (χ4v) is 5.57. The zero-order valence-electron chi connectivity index (χ0n) is 17.6. The van der Waals surface area contributed by atoms with Crippen molar-refractivity contribution in [3.05, 3.63) is 22.3 Å². The lowest BCUT2D eigenvalue weighted by atomic mass is 9.73. The third-order valence-corrected chi connectivity index (χ3v) is 7.04. The Morgan fingerprint density at radius 1 is 0.857 bits per heavy atom. The van der Waals surface area contributed by atoms with Crippen LogP contribution in [0.15, 0.2) is 0 Å². The zero-order valence-corrected chi connectivity index (χ0v) is 17.6. The Labute approximate surface area is 170 Å². The van der Waals surface area contributed by atoms with Gasteiger partial charge in [0.05, 0.1) is 5.56 Å². The maximum atomic E-state index is 12.5. The molecular formula is C24H38N2O2. The molecule has 0 aromatic heterocycles. The standard InChI is InChI=1S/C24H38N2O2/c1-2-3-6-15-18-22(25)19(16-11-7-4-8-12-16)21(24(27)28)20(23(18)26)17-13-9-5-10-14-17/h16-17H,2-15,25-26H2,1H3,(H,27,28). The van der Waals surface area contributed by atoms with E-state index >= 15 is 0 Å². The van der Waals surface area contributed by atoms with Crippen LogP contribution in [0.1, 0.15) is 129 Å². The van der Waals surface area contributed by atoms with Crippen molar-refractivity contribution in [2.24, 2.45) is 0 Å². The van der Waals surface area contributed by atoms with Crippen LogP contribution in [-0.4, -0.2) is 11.1 Å². The molecule has 0 radical (unpaired) electrons. The van der Waals surface area contributed by atoms with E-state index in [9.17, 15) is 9.90 Å². The average Bonchev–Trinajstić information content (AvgIpc) is 2.71. The van der Waals surface area contributed by atoms with Crippen molar-refractivity contribution in [1.82, 2.24) is 0 Å². The van der Waals surface area contributed by atoms with Crippen molar-refractivity contribution in [3.8, 4) is 0 Å². The van der Waals surface area contributed by atoms with E-state index < -0.39 is 5.97 Å². The van der Waals surface area contributed by atoms with Gasteiger partial charge in [0.25, 0.3) is 0 Å². The van der Waals surface area contributed by atoms with E-state index in [1.807, 2.05) is 0 Å². The van der Waals surface area contributed by atoms with Gasteiger partial charge in [0, 0.05) is 11.4 Å². The summed E-state index contributed by atoms with van der Waals surface area (Å²) in [6.07, 6.45) is 15.6. The number of nitrogens with two attached hydrogens (primary N) is 2. The van der Waals surface area contributed by atoms with Crippen LogP contribution in [0.2, 0.25) is 0 Å². The van der Waals surface area contributed by atoms with Gasteiger partial charge < -0.3 is 16.6 Å². The molecule has 0 spiro atoms. The van der Waals surface area contributed by atoms with E-state index in [2.05, 4.69) is 6.92 Å². The molecule has 1 aromatic carbocycles. The number of carboxylic acid groups (broad SMARTS) is 1. The van der Waals surface area contributed by atoms with E-state index in [0.29, 0.717) is 16.9 Å². The first-order chi connectivity index (χ1) is 13.6. The van der Waals surface area contributed by atoms with Gasteiger partial charge in [0.2, 0.25) is 0 Å². The summed E-state index contributed by atoms with van der Waals surface area (Å²) in [7, 11) is 0. The van der Waals surface area contributed by atoms with Crippen LogP contribution in [0.25, 0.3) is 0 Å². The normalized spacial score (nSPS) is 19.0. The zero-order chi connectivity index (χ0) is 20.1. The minimum absolute atomic E-state index is 0.271. The second kappa shape index (κ2) is 9.67. The molecule has 2 aliphatic carbocycles. The number of unbranched alkanes of at least 4 members (excludes halogenated alkanes) is 2. The first-order valence-electron chi connectivity index (χ1n) is 11.5. The number of nitrogen functional groups attached to an aromatic ring is 2. The molecule has 28 heavy (non-hydrogen) atoms. The van der Waals surface area contributed by atoms with E-state index in [4.69, 9.17) is 11.5 Å². The molecule has 156 valence electrons. The highest BCUT2D eigenvalue weighted by molar-refractivity contribution is 5.97. The minimum atomic E-state index is -0.834. The summed E-state index contributed by atoms with van der Waals surface area (Å²) < 4.78 is 0. The summed E-state index contributed by atoms with van der Waals surface area (Å²) in [5.41, 5.74) is 18.1. The van der Waals surface area contributed by atoms with Crippen LogP contribution in [0, 0.1) is 0 Å². The van der Waals surface area contributed by atoms with E-state index in [-0.39, 0.29) is 11.8 Å². The summed E-state index contributed by atoms with van der Waals surface area (Å²) >= 11 is 0. The van der Waals surface area contributed by atoms with Crippen molar-refractivity contribution >= 4 is 17.3 Å². The highest BCUT2D eigenvalue weighted by Crippen LogP contribution is 2.47. The van der Waals surface area contributed by atoms with Gasteiger partial charge in [-0.3, -0.25) is 0 Å². The van der Waals surface area contributed by atoms with Crippen LogP contribution in [0.4, 0.5) is 11.4 Å². The Balaban J connectivity index is 2.16. The molecule has 4 heteroatoms. The lowest BCUT2D eigenvalue weighted by molar-refractivity contribution is 0.0692. The van der Waals surface area contributed by atoms with Crippen molar-refractivity contribution in [2.45, 2.75) is 109 Å². The van der Waals surface area contributed by atoms with Gasteiger partial charge in [-0.15, -0.1) is 0 Å². The molecular weight excluding hydrogens is 348 g/mol. The fraction of sp³-hybridized carbons (Fsp3) is 0.708. The number of carbonyl (C=O) groups is 1. The monoisotopic (exact) mass is 386 g/mol. The third kappa shape index (κ3) is 4.31. The van der Waals surface area contributed by atoms with E-state index in [1.54, 1.807) is 0 Å². The second-order valence-electron chi connectivity index (χ2n) is 8.94. The molecule has 0 unspecified atom stereocenters. The summed E-state index contributed by atoms with van der Waals surface area (Å²) in [4.78, 5) is 12.5. The lowest BCUT2D eigenvalue weighted by Crippen LogP contribution is -2.22. The molecule has 4 nitrogen and oxygen atoms in total. The topological polar surface area (TPSA) is 89.3 Å². The molecule has 0 atom stereocenters. The van der Waals surface area contributed by atoms with Gasteiger partial charge in [-0.05, 0) is 67.1 Å². The summed E-state index contributed by atoms with van der Waals surface area (Å²) in [6.45, 7) is 2.20. The van der Waals surface area contributed by atoms with Crippen LogP contribution in [-0.2, 0) is 6.42 Å². The fourth-order valence-electron chi connectivity index (χ4n) is 5.57. The number of hydrogen-bond donors (Lipinski definition) is 3. The number of benzene rings is 1. The molecule has 0 amide bonds. The largest absolute Gasteiger partial charge is 0.478 e. The highest BCUT2D eigenvalue weighted by atomic mass is 16.4. The third-order valence-electron chi connectivity index (χ3n) is 7.04. The quantitative estimate of drug-likeness (QED) is 0.375. The number of rotatable bonds is 7. The molecule has 0 saturated heterocycles. The van der Waals surface area contributed by atoms with E-state index in [0.717, 1.165) is 93.7 Å². The maximum absolute atomic E-state index is 12.5. The van der Waals surface area contributed by atoms with Gasteiger partial charge in [-0.1, -0.05) is 58.3 Å². The van der Waals surface area contributed by atoms with Gasteiger partial charge in [-0.25, -0.2) is 4.79 Å². The Hall–Kier alpha value is -1.71. The molecule has 5 N–H and O–H groups in total. The average molecular weight is 387 g/mol. The summed E-state index contributed by atoms with van der Waals surface area (Å²) in [6, 6.07) is 0. The minimum Gasteiger partial charge on any atom is -0.478 e. The van der Waals surface area contributed by atoms with Crippen molar-refractivity contribution in [2.75, 3.05) is 11.5 Å². The Morgan fingerprint density at radius 3 is 1.71 bits per heavy atom. The predicted molar refractivity (Wildman–Crippen MR) is 117 cm³/mol. The van der Waals surface area contributed by atoms with E-state index in [1.165, 1.54) is 12.8 Å². The van der Waals surface area contributed by atoms with Gasteiger partial charge in [-0.2, -0.15) is 0 Å².